The summed E-state index contributed by atoms with van der Waals surface area (Å²) in [5, 5.41) is 3.70. The highest BCUT2D eigenvalue weighted by Gasteiger charge is 2.08. The molecule has 0 saturated carbocycles. The third-order valence-electron chi connectivity index (χ3n) is 3.66. The van der Waals surface area contributed by atoms with Crippen molar-refractivity contribution < 1.29 is 0 Å². The molecule has 2 atom stereocenters. The minimum Gasteiger partial charge on any atom is -0.311 e. The Balaban J connectivity index is 1.72. The van der Waals surface area contributed by atoms with Crippen molar-refractivity contribution in [2.45, 2.75) is 45.2 Å². The van der Waals surface area contributed by atoms with Crippen LogP contribution in [0.1, 0.15) is 31.4 Å². The van der Waals surface area contributed by atoms with Crippen molar-refractivity contribution in [3.8, 4) is 0 Å². The van der Waals surface area contributed by atoms with Gasteiger partial charge in [-0.3, -0.25) is 0 Å². The predicted octanol–water partition coefficient (Wildman–Crippen LogP) is 4.23. The molecule has 0 saturated heterocycles. The predicted molar refractivity (Wildman–Crippen MR) is 87.0 cm³/mol. The number of aryl methyl sites for hydroxylation is 1. The second-order valence-electron chi connectivity index (χ2n) is 5.68. The van der Waals surface area contributed by atoms with Gasteiger partial charge in [0, 0.05) is 12.1 Å². The minimum atomic E-state index is 0.517. The van der Waals surface area contributed by atoms with Crippen molar-refractivity contribution in [2.24, 2.45) is 0 Å². The van der Waals surface area contributed by atoms with E-state index in [1.807, 2.05) is 0 Å². The molecule has 0 heterocycles. The molecule has 0 aliphatic rings. The average Bonchev–Trinajstić information content (AvgIpc) is 2.47. The number of nitrogens with one attached hydrogen (secondary N) is 1. The Hall–Kier alpha value is -1.60. The Morgan fingerprint density at radius 3 is 1.90 bits per heavy atom. The van der Waals surface area contributed by atoms with Gasteiger partial charge in [-0.25, -0.2) is 0 Å². The quantitative estimate of drug-likeness (QED) is 0.791. The molecule has 2 aromatic rings. The Bertz CT molecular complexity index is 478. The van der Waals surface area contributed by atoms with Crippen molar-refractivity contribution >= 4 is 0 Å². The Morgan fingerprint density at radius 2 is 1.30 bits per heavy atom. The number of hydrogen-bond donors (Lipinski definition) is 1. The Kier molecular flexibility index (Phi) is 5.82. The Labute approximate surface area is 123 Å². The van der Waals surface area contributed by atoms with Crippen LogP contribution in [0.4, 0.5) is 0 Å². The van der Waals surface area contributed by atoms with E-state index in [1.165, 1.54) is 17.5 Å². The molecule has 0 spiro atoms. The molecule has 1 heteroatoms. The van der Waals surface area contributed by atoms with Gasteiger partial charge in [-0.1, -0.05) is 60.7 Å². The van der Waals surface area contributed by atoms with E-state index in [9.17, 15) is 0 Å². The molecule has 0 unspecified atom stereocenters. The highest BCUT2D eigenvalue weighted by atomic mass is 14.9. The molecule has 2 rings (SSSR count). The summed E-state index contributed by atoms with van der Waals surface area (Å²) in [4.78, 5) is 0. The molecular formula is C19H25N. The van der Waals surface area contributed by atoms with E-state index in [1.54, 1.807) is 0 Å². The molecule has 0 aliphatic carbocycles. The van der Waals surface area contributed by atoms with Gasteiger partial charge in [-0.05, 0) is 44.2 Å². The van der Waals surface area contributed by atoms with Crippen molar-refractivity contribution in [2.75, 3.05) is 0 Å². The maximum absolute atomic E-state index is 3.70. The lowest BCUT2D eigenvalue weighted by Gasteiger charge is -2.20. The first kappa shape index (κ1) is 14.8. The van der Waals surface area contributed by atoms with E-state index in [2.05, 4.69) is 79.8 Å². The van der Waals surface area contributed by atoms with E-state index in [0.717, 1.165) is 12.8 Å². The molecule has 0 aliphatic heterocycles. The summed E-state index contributed by atoms with van der Waals surface area (Å²) >= 11 is 0. The van der Waals surface area contributed by atoms with Gasteiger partial charge >= 0.3 is 0 Å². The maximum Gasteiger partial charge on any atom is 0.00816 e. The summed E-state index contributed by atoms with van der Waals surface area (Å²) in [5.74, 6) is 0. The first-order valence-corrected chi connectivity index (χ1v) is 7.58. The van der Waals surface area contributed by atoms with Crippen LogP contribution in [0.15, 0.2) is 60.7 Å². The molecule has 1 nitrogen and oxygen atoms in total. The van der Waals surface area contributed by atoms with Crippen LogP contribution in [0, 0.1) is 0 Å². The van der Waals surface area contributed by atoms with Crippen molar-refractivity contribution in [1.29, 1.82) is 0 Å². The fourth-order valence-electron chi connectivity index (χ4n) is 2.62. The summed E-state index contributed by atoms with van der Waals surface area (Å²) in [6.07, 6.45) is 3.42. The van der Waals surface area contributed by atoms with Crippen LogP contribution in [-0.2, 0) is 12.8 Å². The van der Waals surface area contributed by atoms with Gasteiger partial charge in [-0.15, -0.1) is 0 Å². The number of hydrogen-bond acceptors (Lipinski definition) is 1. The molecule has 1 N–H and O–H groups in total. The van der Waals surface area contributed by atoms with E-state index in [0.29, 0.717) is 12.1 Å². The lowest BCUT2D eigenvalue weighted by molar-refractivity contribution is 0.444. The maximum atomic E-state index is 3.70. The van der Waals surface area contributed by atoms with Crippen LogP contribution in [0.5, 0.6) is 0 Å². The Morgan fingerprint density at radius 1 is 0.750 bits per heavy atom. The molecule has 0 bridgehead atoms. The zero-order valence-electron chi connectivity index (χ0n) is 12.5. The summed E-state index contributed by atoms with van der Waals surface area (Å²) in [6, 6.07) is 22.5. The van der Waals surface area contributed by atoms with Crippen LogP contribution < -0.4 is 5.32 Å². The largest absolute Gasteiger partial charge is 0.311 e. The van der Waals surface area contributed by atoms with E-state index >= 15 is 0 Å². The summed E-state index contributed by atoms with van der Waals surface area (Å²) in [6.45, 7) is 4.55. The van der Waals surface area contributed by atoms with Gasteiger partial charge in [0.1, 0.15) is 0 Å². The molecule has 0 aromatic heterocycles. The molecule has 0 fully saturated rings. The van der Waals surface area contributed by atoms with Crippen molar-refractivity contribution in [1.82, 2.24) is 5.32 Å². The zero-order valence-corrected chi connectivity index (χ0v) is 12.5. The minimum absolute atomic E-state index is 0.517. The highest BCUT2D eigenvalue weighted by Crippen LogP contribution is 2.07. The number of benzene rings is 2. The third-order valence-corrected chi connectivity index (χ3v) is 3.66. The SMILES string of the molecule is C[C@@H](CCc1ccccc1)N[C@@H](C)Cc1ccccc1. The van der Waals surface area contributed by atoms with E-state index < -0.39 is 0 Å². The second-order valence-corrected chi connectivity index (χ2v) is 5.68. The zero-order chi connectivity index (χ0) is 14.2. The normalized spacial score (nSPS) is 13.9. The fraction of sp³-hybridized carbons (Fsp3) is 0.368. The second kappa shape index (κ2) is 7.86. The lowest BCUT2D eigenvalue weighted by Crippen LogP contribution is -2.36. The van der Waals surface area contributed by atoms with Crippen LogP contribution in [0.3, 0.4) is 0 Å². The topological polar surface area (TPSA) is 12.0 Å². The van der Waals surface area contributed by atoms with E-state index in [-0.39, 0.29) is 0 Å². The average molecular weight is 267 g/mol. The summed E-state index contributed by atoms with van der Waals surface area (Å²) in [5.41, 5.74) is 2.83. The molecule has 106 valence electrons. The smallest absolute Gasteiger partial charge is 0.00816 e. The van der Waals surface area contributed by atoms with Gasteiger partial charge < -0.3 is 5.32 Å². The highest BCUT2D eigenvalue weighted by molar-refractivity contribution is 5.16. The third kappa shape index (κ3) is 5.18. The molecule has 2 aromatic carbocycles. The summed E-state index contributed by atoms with van der Waals surface area (Å²) < 4.78 is 0. The van der Waals surface area contributed by atoms with Gasteiger partial charge in [0.25, 0.3) is 0 Å². The van der Waals surface area contributed by atoms with Crippen LogP contribution in [-0.4, -0.2) is 12.1 Å². The van der Waals surface area contributed by atoms with Crippen LogP contribution >= 0.6 is 0 Å². The fourth-order valence-corrected chi connectivity index (χ4v) is 2.62. The van der Waals surface area contributed by atoms with Gasteiger partial charge in [0.2, 0.25) is 0 Å². The van der Waals surface area contributed by atoms with Crippen LogP contribution in [0.25, 0.3) is 0 Å². The number of rotatable bonds is 7. The standard InChI is InChI=1S/C19H25N/c1-16(13-14-18-9-5-3-6-10-18)20-17(2)15-19-11-7-4-8-12-19/h3-12,16-17,20H,13-15H2,1-2H3/t16-,17-/m0/s1. The first-order valence-electron chi connectivity index (χ1n) is 7.58. The molecular weight excluding hydrogens is 242 g/mol. The summed E-state index contributed by atoms with van der Waals surface area (Å²) in [7, 11) is 0. The lowest BCUT2D eigenvalue weighted by atomic mass is 10.0. The molecule has 20 heavy (non-hydrogen) atoms. The van der Waals surface area contributed by atoms with Crippen molar-refractivity contribution in [3.63, 3.8) is 0 Å². The van der Waals surface area contributed by atoms with E-state index in [4.69, 9.17) is 0 Å². The first-order chi connectivity index (χ1) is 9.74. The van der Waals surface area contributed by atoms with Gasteiger partial charge in [0.15, 0.2) is 0 Å². The van der Waals surface area contributed by atoms with Crippen LogP contribution in [0.2, 0.25) is 0 Å². The monoisotopic (exact) mass is 267 g/mol. The van der Waals surface area contributed by atoms with Gasteiger partial charge in [0.05, 0.1) is 0 Å². The van der Waals surface area contributed by atoms with Crippen molar-refractivity contribution in [3.05, 3.63) is 71.8 Å². The molecule has 0 radical (unpaired) electrons. The van der Waals surface area contributed by atoms with Gasteiger partial charge in [-0.2, -0.15) is 0 Å². The molecule has 0 amide bonds.